The van der Waals surface area contributed by atoms with E-state index < -0.39 is 0 Å². The van der Waals surface area contributed by atoms with Gasteiger partial charge in [-0.25, -0.2) is 4.98 Å². The number of hydrogen-bond acceptors (Lipinski definition) is 3. The van der Waals surface area contributed by atoms with Crippen LogP contribution in [0.25, 0.3) is 21.7 Å². The molecule has 4 nitrogen and oxygen atoms in total. The first-order valence-electron chi connectivity index (χ1n) is 11.7. The number of H-pyrrole nitrogens is 1. The van der Waals surface area contributed by atoms with Crippen LogP contribution in [0.2, 0.25) is 0 Å². The van der Waals surface area contributed by atoms with Gasteiger partial charge in [-0.2, -0.15) is 0 Å². The molecule has 0 amide bonds. The molecule has 4 aromatic rings. The maximum Gasteiger partial charge on any atom is 0.136 e. The van der Waals surface area contributed by atoms with Crippen molar-refractivity contribution in [2.75, 3.05) is 31.1 Å². The zero-order chi connectivity index (χ0) is 20.7. The van der Waals surface area contributed by atoms with Crippen molar-refractivity contribution >= 4 is 27.5 Å². The number of anilines is 1. The van der Waals surface area contributed by atoms with Crippen molar-refractivity contribution in [1.29, 1.82) is 0 Å². The molecule has 6 rings (SSSR count). The van der Waals surface area contributed by atoms with Gasteiger partial charge >= 0.3 is 0 Å². The molecular formula is C27H30N4. The minimum Gasteiger partial charge on any atom is -0.361 e. The van der Waals surface area contributed by atoms with Gasteiger partial charge < -0.3 is 9.88 Å². The first kappa shape index (κ1) is 18.9. The zero-order valence-corrected chi connectivity index (χ0v) is 18.1. The molecule has 2 aromatic carbocycles. The number of benzene rings is 2. The van der Waals surface area contributed by atoms with E-state index in [0.717, 1.165) is 19.6 Å². The van der Waals surface area contributed by atoms with Crippen molar-refractivity contribution in [3.63, 3.8) is 0 Å². The average molecular weight is 411 g/mol. The molecule has 2 aliphatic heterocycles. The number of fused-ring (bicyclic) bond motifs is 2. The molecule has 0 unspecified atom stereocenters. The van der Waals surface area contributed by atoms with Crippen LogP contribution in [0.5, 0.6) is 0 Å². The molecule has 158 valence electrons. The van der Waals surface area contributed by atoms with Gasteiger partial charge in [0.25, 0.3) is 0 Å². The van der Waals surface area contributed by atoms with Crippen molar-refractivity contribution in [2.24, 2.45) is 5.41 Å². The number of piperidine rings is 2. The Bertz CT molecular complexity index is 1200. The Kier molecular flexibility index (Phi) is 4.68. The van der Waals surface area contributed by atoms with Gasteiger partial charge in [-0.1, -0.05) is 42.5 Å². The van der Waals surface area contributed by atoms with Gasteiger partial charge in [0.05, 0.1) is 0 Å². The van der Waals surface area contributed by atoms with Gasteiger partial charge in [0, 0.05) is 54.9 Å². The lowest BCUT2D eigenvalue weighted by Gasteiger charge is -2.48. The molecule has 1 N–H and O–H groups in total. The van der Waals surface area contributed by atoms with Crippen LogP contribution in [0, 0.1) is 5.41 Å². The lowest BCUT2D eigenvalue weighted by Crippen LogP contribution is -2.49. The Balaban J connectivity index is 1.17. The molecule has 2 saturated heterocycles. The van der Waals surface area contributed by atoms with E-state index in [9.17, 15) is 0 Å². The largest absolute Gasteiger partial charge is 0.361 e. The molecule has 31 heavy (non-hydrogen) atoms. The second-order valence-electron chi connectivity index (χ2n) is 9.52. The molecule has 0 saturated carbocycles. The van der Waals surface area contributed by atoms with E-state index in [1.54, 1.807) is 0 Å². The van der Waals surface area contributed by atoms with Crippen molar-refractivity contribution in [1.82, 2.24) is 14.9 Å². The summed E-state index contributed by atoms with van der Waals surface area (Å²) in [5.41, 5.74) is 3.15. The summed E-state index contributed by atoms with van der Waals surface area (Å²) in [4.78, 5) is 13.4. The third-order valence-electron chi connectivity index (χ3n) is 7.59. The van der Waals surface area contributed by atoms with E-state index in [1.807, 2.05) is 6.20 Å². The van der Waals surface area contributed by atoms with Crippen LogP contribution in [-0.4, -0.2) is 41.0 Å². The Hall–Kier alpha value is -2.85. The molecule has 0 atom stereocenters. The summed E-state index contributed by atoms with van der Waals surface area (Å²) in [7, 11) is 0. The summed E-state index contributed by atoms with van der Waals surface area (Å²) >= 11 is 0. The minimum absolute atomic E-state index is 0.464. The van der Waals surface area contributed by atoms with Crippen LogP contribution in [0.4, 0.5) is 5.82 Å². The fourth-order valence-corrected chi connectivity index (χ4v) is 5.91. The van der Waals surface area contributed by atoms with E-state index in [4.69, 9.17) is 4.98 Å². The smallest absolute Gasteiger partial charge is 0.136 e. The minimum atomic E-state index is 0.464. The van der Waals surface area contributed by atoms with Gasteiger partial charge in [-0.15, -0.1) is 0 Å². The Morgan fingerprint density at radius 1 is 0.871 bits per heavy atom. The number of aromatic nitrogens is 2. The molecule has 0 aliphatic carbocycles. The van der Waals surface area contributed by atoms with Gasteiger partial charge in [-0.3, -0.25) is 4.90 Å². The summed E-state index contributed by atoms with van der Waals surface area (Å²) in [5, 5.41) is 3.94. The number of likely N-dealkylation sites (tertiary alicyclic amines) is 1. The highest BCUT2D eigenvalue weighted by molar-refractivity contribution is 5.92. The van der Waals surface area contributed by atoms with Crippen LogP contribution >= 0.6 is 0 Å². The monoisotopic (exact) mass is 410 g/mol. The number of rotatable bonds is 3. The molecule has 2 aliphatic rings. The Morgan fingerprint density at radius 3 is 2.58 bits per heavy atom. The maximum absolute atomic E-state index is 4.77. The predicted molar refractivity (Wildman–Crippen MR) is 128 cm³/mol. The molecule has 2 aromatic heterocycles. The molecule has 4 heteroatoms. The van der Waals surface area contributed by atoms with Gasteiger partial charge in [0.2, 0.25) is 0 Å². The number of pyridine rings is 1. The Labute approximate surface area is 183 Å². The van der Waals surface area contributed by atoms with E-state index in [0.29, 0.717) is 5.41 Å². The maximum atomic E-state index is 4.77. The quantitative estimate of drug-likeness (QED) is 0.478. The third-order valence-corrected chi connectivity index (χ3v) is 7.59. The molecular weight excluding hydrogens is 380 g/mol. The fraction of sp³-hybridized carbons (Fsp3) is 0.370. The number of aromatic amines is 1. The lowest BCUT2D eigenvalue weighted by atomic mass is 9.72. The SMILES string of the molecule is c1ccc2c(N3CCC4(CCCN(Cc5c[nH]c6ccccc56)C4)CC3)nccc2c1. The van der Waals surface area contributed by atoms with Crippen LogP contribution in [0.1, 0.15) is 31.2 Å². The van der Waals surface area contributed by atoms with Gasteiger partial charge in [-0.05, 0) is 60.7 Å². The highest BCUT2D eigenvalue weighted by atomic mass is 15.2. The van der Waals surface area contributed by atoms with Crippen LogP contribution in [0.15, 0.2) is 67.0 Å². The first-order chi connectivity index (χ1) is 15.3. The third kappa shape index (κ3) is 3.49. The fourth-order valence-electron chi connectivity index (χ4n) is 5.91. The number of nitrogens with one attached hydrogen (secondary N) is 1. The standard InChI is InChI=1S/C27H30N4/c1-2-8-24-21(6-1)10-14-28-26(24)31-16-12-27(13-17-31)11-5-15-30(20-27)19-22-18-29-25-9-4-3-7-23(22)25/h1-4,6-10,14,18,29H,5,11-13,15-17,19-20H2. The first-order valence-corrected chi connectivity index (χ1v) is 11.7. The lowest BCUT2D eigenvalue weighted by molar-refractivity contribution is 0.0607. The predicted octanol–water partition coefficient (Wildman–Crippen LogP) is 5.60. The summed E-state index contributed by atoms with van der Waals surface area (Å²) in [6.07, 6.45) is 9.39. The van der Waals surface area contributed by atoms with Gasteiger partial charge in [0.1, 0.15) is 5.82 Å². The molecule has 2 fully saturated rings. The van der Waals surface area contributed by atoms with E-state index in [-0.39, 0.29) is 0 Å². The highest BCUT2D eigenvalue weighted by Gasteiger charge is 2.38. The summed E-state index contributed by atoms with van der Waals surface area (Å²) in [5.74, 6) is 1.17. The normalized spacial score (nSPS) is 19.4. The van der Waals surface area contributed by atoms with Crippen molar-refractivity contribution in [3.05, 3.63) is 72.6 Å². The molecule has 0 radical (unpaired) electrons. The number of hydrogen-bond donors (Lipinski definition) is 1. The number of para-hydroxylation sites is 1. The number of nitrogens with zero attached hydrogens (tertiary/aromatic N) is 3. The molecule has 1 spiro atoms. The van der Waals surface area contributed by atoms with Crippen molar-refractivity contribution in [2.45, 2.75) is 32.2 Å². The summed E-state index contributed by atoms with van der Waals surface area (Å²) in [6, 6.07) is 19.4. The highest BCUT2D eigenvalue weighted by Crippen LogP contribution is 2.42. The second-order valence-corrected chi connectivity index (χ2v) is 9.52. The Morgan fingerprint density at radius 2 is 1.68 bits per heavy atom. The topological polar surface area (TPSA) is 35.2 Å². The van der Waals surface area contributed by atoms with Crippen LogP contribution in [0.3, 0.4) is 0 Å². The van der Waals surface area contributed by atoms with E-state index in [2.05, 4.69) is 75.6 Å². The average Bonchev–Trinajstić information content (AvgIpc) is 3.22. The van der Waals surface area contributed by atoms with Gasteiger partial charge in [0.15, 0.2) is 0 Å². The molecule has 0 bridgehead atoms. The second kappa shape index (κ2) is 7.69. The molecule has 4 heterocycles. The van der Waals surface area contributed by atoms with Crippen LogP contribution in [-0.2, 0) is 6.54 Å². The van der Waals surface area contributed by atoms with E-state index >= 15 is 0 Å². The van der Waals surface area contributed by atoms with E-state index in [1.165, 1.54) is 71.8 Å². The van der Waals surface area contributed by atoms with Crippen molar-refractivity contribution in [3.8, 4) is 0 Å². The summed E-state index contributed by atoms with van der Waals surface area (Å²) < 4.78 is 0. The van der Waals surface area contributed by atoms with Crippen molar-refractivity contribution < 1.29 is 0 Å². The summed E-state index contributed by atoms with van der Waals surface area (Å²) in [6.45, 7) is 5.73. The zero-order valence-electron chi connectivity index (χ0n) is 18.1. The van der Waals surface area contributed by atoms with Crippen LogP contribution < -0.4 is 4.90 Å².